The Morgan fingerprint density at radius 2 is 1.00 bits per heavy atom. The zero-order valence-electron chi connectivity index (χ0n) is 20.4. The first-order valence-corrected chi connectivity index (χ1v) is 13.5. The number of aliphatic hydroxyl groups excluding tert-OH is 1. The summed E-state index contributed by atoms with van der Waals surface area (Å²) in [5.74, 6) is 0.508. The first kappa shape index (κ1) is 38.2. The molecule has 0 saturated heterocycles. The summed E-state index contributed by atoms with van der Waals surface area (Å²) in [5.41, 5.74) is -10.6. The number of unbranched alkanes of at least 4 members (excludes halogenated alkanes) is 7. The molecule has 0 aliphatic heterocycles. The molecule has 9 nitrogen and oxygen atoms in total. The Morgan fingerprint density at radius 3 is 1.26 bits per heavy atom. The van der Waals surface area contributed by atoms with Crippen LogP contribution in [0.1, 0.15) is 57.8 Å². The van der Waals surface area contributed by atoms with Gasteiger partial charge in [-0.2, -0.15) is 26.3 Å². The van der Waals surface area contributed by atoms with Gasteiger partial charge in [-0.15, -0.1) is 0 Å². The van der Waals surface area contributed by atoms with E-state index in [1.54, 1.807) is 6.20 Å². The molecule has 35 heavy (non-hydrogen) atoms. The summed E-state index contributed by atoms with van der Waals surface area (Å²) < 4.78 is 102. The van der Waals surface area contributed by atoms with Gasteiger partial charge in [0.15, 0.2) is 0 Å². The van der Waals surface area contributed by atoms with Crippen LogP contribution in [0.2, 0.25) is 0 Å². The third-order valence-electron chi connectivity index (χ3n) is 3.84. The highest BCUT2D eigenvalue weighted by atomic mass is 32.2. The average Bonchev–Trinajstić information content (AvgIpc) is 2.60. The molecule has 0 atom stereocenters. The molecular weight excluding hydrogens is 530 g/mol. The molecule has 0 saturated carbocycles. The molecule has 0 aliphatic rings. The summed E-state index contributed by atoms with van der Waals surface area (Å²) in [6.45, 7) is 1.22. The smallest absolute Gasteiger partial charge is 0.511 e. The van der Waals surface area contributed by atoms with Crippen molar-refractivity contribution >= 4 is 20.0 Å². The van der Waals surface area contributed by atoms with Gasteiger partial charge in [-0.05, 0) is 33.5 Å². The lowest BCUT2D eigenvalue weighted by molar-refractivity contribution is -0.0441. The number of alkyl halides is 6. The first-order valence-electron chi connectivity index (χ1n) is 10.4. The molecule has 0 bridgehead atoms. The molecule has 0 spiro atoms. The highest BCUT2D eigenvalue weighted by Crippen LogP contribution is 2.19. The molecule has 214 valence electrons. The summed E-state index contributed by atoms with van der Waals surface area (Å²) >= 11 is 0. The number of allylic oxidation sites excluding steroid dienone is 1. The van der Waals surface area contributed by atoms with Gasteiger partial charge >= 0.3 is 31.1 Å². The summed E-state index contributed by atoms with van der Waals surface area (Å²) in [4.78, 5) is 4.15. The van der Waals surface area contributed by atoms with Crippen LogP contribution < -0.4 is 10.3 Å². The lowest BCUT2D eigenvalue weighted by atomic mass is 10.1. The lowest BCUT2D eigenvalue weighted by Crippen LogP contribution is -2.30. The van der Waals surface area contributed by atoms with Crippen LogP contribution in [0, 0.1) is 0 Å². The number of hydrogen-bond donors (Lipinski definition) is 3. The van der Waals surface area contributed by atoms with Crippen LogP contribution >= 0.6 is 0 Å². The quantitative estimate of drug-likeness (QED) is 0.185. The highest BCUT2D eigenvalue weighted by molar-refractivity contribution is 7.90. The Kier molecular flexibility index (Phi) is 19.7. The second-order valence-corrected chi connectivity index (χ2v) is 11.1. The van der Waals surface area contributed by atoms with Crippen molar-refractivity contribution in [2.45, 2.75) is 68.8 Å². The van der Waals surface area contributed by atoms with Crippen LogP contribution in [0.4, 0.5) is 26.3 Å². The maximum Gasteiger partial charge on any atom is 0.511 e. The highest BCUT2D eigenvalue weighted by Gasteiger charge is 2.43. The molecule has 0 aromatic heterocycles. The fourth-order valence-electron chi connectivity index (χ4n) is 2.16. The van der Waals surface area contributed by atoms with Gasteiger partial charge in [0.25, 0.3) is 0 Å². The van der Waals surface area contributed by atoms with Crippen molar-refractivity contribution in [1.82, 2.24) is 9.80 Å². The fourth-order valence-corrected chi connectivity index (χ4v) is 2.16. The number of hydrogen-bond acceptors (Lipinski definition) is 7. The molecule has 17 heteroatoms. The monoisotopic (exact) mass is 568 g/mol. The molecule has 0 radical (unpaired) electrons. The largest absolute Gasteiger partial charge is 0.511 e. The molecule has 5 N–H and O–H groups in total. The van der Waals surface area contributed by atoms with Gasteiger partial charge in [0, 0.05) is 26.7 Å². The zero-order chi connectivity index (χ0) is 28.5. The van der Waals surface area contributed by atoms with E-state index < -0.39 is 31.1 Å². The molecule has 0 amide bonds. The molecule has 0 aromatic rings. The van der Waals surface area contributed by atoms with Crippen LogP contribution in [-0.4, -0.2) is 77.5 Å². The van der Waals surface area contributed by atoms with Crippen molar-refractivity contribution in [3.05, 3.63) is 12.0 Å². The van der Waals surface area contributed by atoms with Crippen LogP contribution in [0.25, 0.3) is 0 Å². The van der Waals surface area contributed by atoms with Gasteiger partial charge in [-0.1, -0.05) is 38.5 Å². The molecule has 0 unspecified atom stereocenters. The number of nitrogens with zero attached hydrogens (tertiary/aromatic N) is 2. The second-order valence-electron chi connectivity index (χ2n) is 7.95. The van der Waals surface area contributed by atoms with Crippen LogP contribution in [0.3, 0.4) is 0 Å². The van der Waals surface area contributed by atoms with Crippen molar-refractivity contribution in [2.75, 3.05) is 34.7 Å². The summed E-state index contributed by atoms with van der Waals surface area (Å²) in [6, 6.07) is 0. The van der Waals surface area contributed by atoms with Gasteiger partial charge in [-0.25, -0.2) is 27.1 Å². The topological polar surface area (TPSA) is 147 Å². The van der Waals surface area contributed by atoms with Crippen LogP contribution in [0.15, 0.2) is 12.0 Å². The SMILES string of the molecule is CN(C)C=C(O)CCCCCCCCCCN(C)C.NS(=O)(=O)C(F)(F)F.NS(=O)(=O)C(F)(F)F. The van der Waals surface area contributed by atoms with Gasteiger partial charge < -0.3 is 14.9 Å². The molecular formula is C18H38F6N4O5S2. The van der Waals surface area contributed by atoms with Gasteiger partial charge in [0.1, 0.15) is 5.76 Å². The van der Waals surface area contributed by atoms with Crippen molar-refractivity contribution in [3.8, 4) is 0 Å². The number of aliphatic hydroxyl groups is 1. The summed E-state index contributed by atoms with van der Waals surface area (Å²) in [5, 5.41) is 16.9. The Hall–Kier alpha value is -1.30. The van der Waals surface area contributed by atoms with Gasteiger partial charge in [-0.3, -0.25) is 0 Å². The molecule has 0 aliphatic carbocycles. The maximum atomic E-state index is 10.8. The van der Waals surface area contributed by atoms with Crippen LogP contribution in [0.5, 0.6) is 0 Å². The van der Waals surface area contributed by atoms with E-state index in [0.29, 0.717) is 5.76 Å². The third kappa shape index (κ3) is 27.1. The predicted molar refractivity (Wildman–Crippen MR) is 123 cm³/mol. The Bertz CT molecular complexity index is 742. The third-order valence-corrected chi connectivity index (χ3v) is 5.13. The minimum atomic E-state index is -5.34. The first-order chi connectivity index (χ1) is 15.5. The van der Waals surface area contributed by atoms with E-state index in [0.717, 1.165) is 12.8 Å². The summed E-state index contributed by atoms with van der Waals surface area (Å²) in [7, 11) is -2.53. The van der Waals surface area contributed by atoms with Crippen molar-refractivity contribution in [1.29, 1.82) is 0 Å². The standard InChI is InChI=1S/C16H34N2O.2CH2F3NO2S/c1-17(2)14-12-10-8-6-5-7-9-11-13-16(19)15-18(3)4;2*2-1(3,4)8(5,6)7/h15,19H,5-14H2,1-4H3;2*(H2,5,6,7). The van der Waals surface area contributed by atoms with E-state index in [1.807, 2.05) is 19.0 Å². The zero-order valence-corrected chi connectivity index (χ0v) is 22.0. The van der Waals surface area contributed by atoms with Crippen molar-refractivity contribution < 1.29 is 48.3 Å². The van der Waals surface area contributed by atoms with E-state index in [1.165, 1.54) is 51.5 Å². The normalized spacial score (nSPS) is 13.0. The Balaban J connectivity index is -0.000000526. The number of sulfonamides is 2. The number of rotatable bonds is 12. The van der Waals surface area contributed by atoms with E-state index in [9.17, 15) is 48.3 Å². The molecule has 0 rings (SSSR count). The van der Waals surface area contributed by atoms with E-state index in [2.05, 4.69) is 29.3 Å². The van der Waals surface area contributed by atoms with E-state index >= 15 is 0 Å². The van der Waals surface area contributed by atoms with Gasteiger partial charge in [0.2, 0.25) is 0 Å². The number of primary sulfonamides is 2. The van der Waals surface area contributed by atoms with Crippen molar-refractivity contribution in [2.24, 2.45) is 10.3 Å². The Labute approximate surface area is 204 Å². The average molecular weight is 569 g/mol. The number of nitrogens with two attached hydrogens (primary N) is 2. The molecule has 0 heterocycles. The van der Waals surface area contributed by atoms with E-state index in [4.69, 9.17) is 0 Å². The predicted octanol–water partition coefficient (Wildman–Crippen LogP) is 3.61. The molecule has 0 aromatic carbocycles. The van der Waals surface area contributed by atoms with Crippen molar-refractivity contribution in [3.63, 3.8) is 0 Å². The molecule has 0 fully saturated rings. The second kappa shape index (κ2) is 18.0. The van der Waals surface area contributed by atoms with Crippen LogP contribution in [-0.2, 0) is 20.0 Å². The maximum absolute atomic E-state index is 10.8. The summed E-state index contributed by atoms with van der Waals surface area (Å²) in [6.07, 6.45) is 13.1. The van der Waals surface area contributed by atoms with Gasteiger partial charge in [0.05, 0.1) is 0 Å². The fraction of sp³-hybridized carbons (Fsp3) is 0.889. The Morgan fingerprint density at radius 1 is 0.714 bits per heavy atom. The number of halogens is 6. The minimum Gasteiger partial charge on any atom is -0.511 e. The minimum absolute atomic E-state index is 0.508. The van der Waals surface area contributed by atoms with E-state index in [-0.39, 0.29) is 0 Å². The lowest BCUT2D eigenvalue weighted by Gasteiger charge is -2.08.